The van der Waals surface area contributed by atoms with Crippen LogP contribution in [0.2, 0.25) is 0 Å². The Kier molecular flexibility index (Phi) is 7.00. The van der Waals surface area contributed by atoms with Crippen molar-refractivity contribution in [2.24, 2.45) is 7.05 Å². The van der Waals surface area contributed by atoms with Crippen LogP contribution in [0.3, 0.4) is 0 Å². The molecule has 0 radical (unpaired) electrons. The van der Waals surface area contributed by atoms with E-state index in [1.165, 1.54) is 28.7 Å². The number of benzene rings is 2. The van der Waals surface area contributed by atoms with E-state index in [2.05, 4.69) is 92.8 Å². The maximum absolute atomic E-state index is 4.56. The van der Waals surface area contributed by atoms with E-state index in [0.717, 1.165) is 12.2 Å². The maximum atomic E-state index is 4.56. The highest BCUT2D eigenvalue weighted by atomic mass is 15.0. The SMILES string of the molecule is CCC.CCC(C)c1ccc(-c2ccccc2)cc1-c1nccn1C. The van der Waals surface area contributed by atoms with Crippen LogP contribution in [0.15, 0.2) is 60.9 Å². The molecule has 0 N–H and O–H groups in total. The topological polar surface area (TPSA) is 17.8 Å². The van der Waals surface area contributed by atoms with Crippen LogP contribution < -0.4 is 0 Å². The molecule has 1 unspecified atom stereocenters. The summed E-state index contributed by atoms with van der Waals surface area (Å²) in [5.41, 5.74) is 5.10. The first-order chi connectivity index (χ1) is 12.1. The van der Waals surface area contributed by atoms with Crippen molar-refractivity contribution in [2.45, 2.75) is 46.5 Å². The summed E-state index contributed by atoms with van der Waals surface area (Å²) < 4.78 is 2.09. The number of nitrogens with zero attached hydrogens (tertiary/aromatic N) is 2. The minimum atomic E-state index is 0.525. The van der Waals surface area contributed by atoms with E-state index < -0.39 is 0 Å². The fourth-order valence-electron chi connectivity index (χ4n) is 2.83. The molecule has 0 fully saturated rings. The van der Waals surface area contributed by atoms with Gasteiger partial charge in [0.05, 0.1) is 0 Å². The second-order valence-corrected chi connectivity index (χ2v) is 6.55. The maximum Gasteiger partial charge on any atom is 0.139 e. The van der Waals surface area contributed by atoms with E-state index in [4.69, 9.17) is 0 Å². The van der Waals surface area contributed by atoms with E-state index in [-0.39, 0.29) is 0 Å². The molecule has 1 aromatic heterocycles. The van der Waals surface area contributed by atoms with Gasteiger partial charge in [-0.3, -0.25) is 0 Å². The Bertz CT molecular complexity index is 772. The zero-order valence-electron chi connectivity index (χ0n) is 16.2. The summed E-state index contributed by atoms with van der Waals surface area (Å²) in [5.74, 6) is 1.56. The van der Waals surface area contributed by atoms with Crippen molar-refractivity contribution >= 4 is 0 Å². The molecule has 0 amide bonds. The average Bonchev–Trinajstić information content (AvgIpc) is 3.08. The Labute approximate surface area is 152 Å². The second-order valence-electron chi connectivity index (χ2n) is 6.55. The highest BCUT2D eigenvalue weighted by Gasteiger charge is 2.15. The highest BCUT2D eigenvalue weighted by molar-refractivity contribution is 5.73. The largest absolute Gasteiger partial charge is 0.334 e. The third-order valence-corrected chi connectivity index (χ3v) is 4.37. The first-order valence-electron chi connectivity index (χ1n) is 9.29. The lowest BCUT2D eigenvalue weighted by atomic mass is 9.90. The van der Waals surface area contributed by atoms with Crippen molar-refractivity contribution in [2.75, 3.05) is 0 Å². The van der Waals surface area contributed by atoms with Crippen molar-refractivity contribution in [1.29, 1.82) is 0 Å². The summed E-state index contributed by atoms with van der Waals surface area (Å²) in [6.07, 6.45) is 6.25. The van der Waals surface area contributed by atoms with E-state index in [1.807, 2.05) is 12.4 Å². The fourth-order valence-corrected chi connectivity index (χ4v) is 2.83. The van der Waals surface area contributed by atoms with E-state index in [9.17, 15) is 0 Å². The Balaban J connectivity index is 0.000000701. The number of hydrogen-bond acceptors (Lipinski definition) is 1. The van der Waals surface area contributed by atoms with Gasteiger partial charge in [-0.25, -0.2) is 4.98 Å². The molecule has 0 saturated heterocycles. The lowest BCUT2D eigenvalue weighted by Crippen LogP contribution is -2.00. The lowest BCUT2D eigenvalue weighted by Gasteiger charge is -2.16. The van der Waals surface area contributed by atoms with Crippen molar-refractivity contribution in [3.63, 3.8) is 0 Å². The molecule has 0 aliphatic heterocycles. The summed E-state index contributed by atoms with van der Waals surface area (Å²) in [4.78, 5) is 4.56. The van der Waals surface area contributed by atoms with Gasteiger partial charge in [0.25, 0.3) is 0 Å². The molecule has 3 aromatic rings. The fraction of sp³-hybridized carbons (Fsp3) is 0.348. The van der Waals surface area contributed by atoms with Crippen LogP contribution in [0.4, 0.5) is 0 Å². The standard InChI is InChI=1S/C20H22N2.C3H8/c1-4-15(2)18-11-10-17(16-8-6-5-7-9-16)14-19(18)20-21-12-13-22(20)3;1-3-2/h5-15H,4H2,1-3H3;3H2,1-2H3. The zero-order chi connectivity index (χ0) is 18.2. The van der Waals surface area contributed by atoms with Crippen LogP contribution in [0.5, 0.6) is 0 Å². The molecule has 2 aromatic carbocycles. The summed E-state index contributed by atoms with van der Waals surface area (Å²) in [7, 11) is 2.05. The van der Waals surface area contributed by atoms with Gasteiger partial charge < -0.3 is 4.57 Å². The lowest BCUT2D eigenvalue weighted by molar-refractivity contribution is 0.733. The van der Waals surface area contributed by atoms with Gasteiger partial charge in [-0.1, -0.05) is 76.6 Å². The molecule has 1 heterocycles. The first-order valence-corrected chi connectivity index (χ1v) is 9.29. The molecular weight excluding hydrogens is 304 g/mol. The summed E-state index contributed by atoms with van der Waals surface area (Å²) in [5, 5.41) is 0. The molecule has 2 heteroatoms. The molecule has 0 spiro atoms. The van der Waals surface area contributed by atoms with Crippen molar-refractivity contribution in [3.8, 4) is 22.5 Å². The first kappa shape index (κ1) is 19.0. The van der Waals surface area contributed by atoms with Gasteiger partial charge in [0.15, 0.2) is 0 Å². The van der Waals surface area contributed by atoms with Gasteiger partial charge in [-0.05, 0) is 35.1 Å². The molecule has 132 valence electrons. The molecule has 0 aliphatic carbocycles. The van der Waals surface area contributed by atoms with Crippen molar-refractivity contribution < 1.29 is 0 Å². The van der Waals surface area contributed by atoms with Gasteiger partial charge in [0.2, 0.25) is 0 Å². The second kappa shape index (κ2) is 9.22. The van der Waals surface area contributed by atoms with E-state index >= 15 is 0 Å². The number of imidazole rings is 1. The normalized spacial score (nSPS) is 11.6. The number of hydrogen-bond donors (Lipinski definition) is 0. The van der Waals surface area contributed by atoms with Crippen LogP contribution in [0, 0.1) is 0 Å². The van der Waals surface area contributed by atoms with Gasteiger partial charge in [-0.2, -0.15) is 0 Å². The third kappa shape index (κ3) is 4.60. The average molecular weight is 335 g/mol. The Morgan fingerprint density at radius 3 is 2.20 bits per heavy atom. The Hall–Kier alpha value is -2.35. The monoisotopic (exact) mass is 334 g/mol. The number of aromatic nitrogens is 2. The number of aryl methyl sites for hydroxylation is 1. The molecule has 0 bridgehead atoms. The minimum absolute atomic E-state index is 0.525. The Morgan fingerprint density at radius 2 is 1.64 bits per heavy atom. The van der Waals surface area contributed by atoms with Crippen LogP contribution in [-0.2, 0) is 7.05 Å². The van der Waals surface area contributed by atoms with Crippen LogP contribution in [0.25, 0.3) is 22.5 Å². The van der Waals surface area contributed by atoms with Crippen LogP contribution >= 0.6 is 0 Å². The predicted molar refractivity (Wildman–Crippen MR) is 109 cm³/mol. The summed E-state index contributed by atoms with van der Waals surface area (Å²) in [6, 6.07) is 17.3. The van der Waals surface area contributed by atoms with Crippen LogP contribution in [-0.4, -0.2) is 9.55 Å². The zero-order valence-corrected chi connectivity index (χ0v) is 16.2. The van der Waals surface area contributed by atoms with Crippen molar-refractivity contribution in [3.05, 3.63) is 66.5 Å². The van der Waals surface area contributed by atoms with Gasteiger partial charge >= 0.3 is 0 Å². The molecule has 3 rings (SSSR count). The quantitative estimate of drug-likeness (QED) is 0.520. The van der Waals surface area contributed by atoms with Gasteiger partial charge in [-0.15, -0.1) is 0 Å². The van der Waals surface area contributed by atoms with Gasteiger partial charge in [0.1, 0.15) is 5.82 Å². The summed E-state index contributed by atoms with van der Waals surface area (Å²) in [6.45, 7) is 8.77. The molecule has 2 nitrogen and oxygen atoms in total. The molecule has 0 saturated carbocycles. The van der Waals surface area contributed by atoms with E-state index in [1.54, 1.807) is 0 Å². The molecule has 1 atom stereocenters. The minimum Gasteiger partial charge on any atom is -0.334 e. The van der Waals surface area contributed by atoms with Crippen molar-refractivity contribution in [1.82, 2.24) is 9.55 Å². The van der Waals surface area contributed by atoms with E-state index in [0.29, 0.717) is 5.92 Å². The highest BCUT2D eigenvalue weighted by Crippen LogP contribution is 2.33. The smallest absolute Gasteiger partial charge is 0.139 e. The third-order valence-electron chi connectivity index (χ3n) is 4.37. The Morgan fingerprint density at radius 1 is 0.960 bits per heavy atom. The molecule has 25 heavy (non-hydrogen) atoms. The molecule has 0 aliphatic rings. The van der Waals surface area contributed by atoms with Gasteiger partial charge in [0, 0.05) is 25.0 Å². The number of rotatable bonds is 4. The summed E-state index contributed by atoms with van der Waals surface area (Å²) >= 11 is 0. The van der Waals surface area contributed by atoms with Crippen LogP contribution in [0.1, 0.15) is 52.0 Å². The predicted octanol–water partition coefficient (Wildman–Crippen LogP) is 6.68. The molecular formula is C23H30N2.